The normalized spacial score (nSPS) is 9.62. The fourth-order valence-electron chi connectivity index (χ4n) is 0.746. The van der Waals surface area contributed by atoms with Crippen LogP contribution in [0.2, 0.25) is 0 Å². The van der Waals surface area contributed by atoms with Crippen LogP contribution in [0.4, 0.5) is 0 Å². The second-order valence-electron chi connectivity index (χ2n) is 2.43. The molecule has 1 aromatic rings. The van der Waals surface area contributed by atoms with Crippen LogP contribution in [-0.4, -0.2) is 21.7 Å². The predicted molar refractivity (Wildman–Crippen MR) is 48.3 cm³/mol. The molecule has 0 amide bonds. The van der Waals surface area contributed by atoms with E-state index in [1.807, 2.05) is 0 Å². The van der Waals surface area contributed by atoms with E-state index in [0.29, 0.717) is 18.2 Å². The van der Waals surface area contributed by atoms with Gasteiger partial charge in [0.15, 0.2) is 0 Å². The van der Waals surface area contributed by atoms with Gasteiger partial charge < -0.3 is 9.84 Å². The number of rotatable bonds is 5. The lowest BCUT2D eigenvalue weighted by Crippen LogP contribution is -1.99. The highest BCUT2D eigenvalue weighted by molar-refractivity contribution is 5.06. The predicted octanol–water partition coefficient (Wildman–Crippen LogP) is 0.924. The molecule has 0 aliphatic carbocycles. The van der Waals surface area contributed by atoms with Crippen LogP contribution in [0, 0.1) is 0 Å². The molecule has 0 fully saturated rings. The molecule has 0 saturated carbocycles. The maximum absolute atomic E-state index is 8.69. The topological polar surface area (TPSA) is 55.2 Å². The van der Waals surface area contributed by atoms with Crippen LogP contribution in [0.15, 0.2) is 25.0 Å². The quantitative estimate of drug-likeness (QED) is 0.541. The van der Waals surface area contributed by atoms with Crippen molar-refractivity contribution in [2.75, 3.05) is 6.61 Å². The summed E-state index contributed by atoms with van der Waals surface area (Å²) in [5.74, 6) is 0.471. The summed E-state index contributed by atoms with van der Waals surface area (Å²) in [5.41, 5.74) is 0.538. The van der Waals surface area contributed by atoms with Crippen LogP contribution in [0.3, 0.4) is 0 Å². The minimum absolute atomic E-state index is 0.0973. The van der Waals surface area contributed by atoms with E-state index in [4.69, 9.17) is 9.84 Å². The summed E-state index contributed by atoms with van der Waals surface area (Å²) in [6, 6.07) is 0. The van der Waals surface area contributed by atoms with E-state index < -0.39 is 0 Å². The van der Waals surface area contributed by atoms with Crippen LogP contribution in [0.1, 0.15) is 12.1 Å². The lowest BCUT2D eigenvalue weighted by Gasteiger charge is -2.02. The summed E-state index contributed by atoms with van der Waals surface area (Å²) in [4.78, 5) is 7.85. The smallest absolute Gasteiger partial charge is 0.232 e. The molecule has 1 heterocycles. The van der Waals surface area contributed by atoms with E-state index in [9.17, 15) is 0 Å². The second-order valence-corrected chi connectivity index (χ2v) is 2.43. The van der Waals surface area contributed by atoms with Gasteiger partial charge in [0.25, 0.3) is 0 Å². The molecule has 70 valence electrons. The highest BCUT2D eigenvalue weighted by Crippen LogP contribution is 2.04. The lowest BCUT2D eigenvalue weighted by atomic mass is 10.4. The first-order valence-electron chi connectivity index (χ1n) is 4.02. The number of aliphatic hydroxyl groups excluding tert-OH is 1. The zero-order valence-electron chi connectivity index (χ0n) is 7.31. The van der Waals surface area contributed by atoms with E-state index in [-0.39, 0.29) is 6.61 Å². The van der Waals surface area contributed by atoms with Gasteiger partial charge in [-0.15, -0.1) is 6.58 Å². The van der Waals surface area contributed by atoms with E-state index in [1.54, 1.807) is 6.08 Å². The molecule has 4 nitrogen and oxygen atoms in total. The third kappa shape index (κ3) is 3.21. The van der Waals surface area contributed by atoms with Crippen LogP contribution < -0.4 is 4.74 Å². The Labute approximate surface area is 76.9 Å². The summed E-state index contributed by atoms with van der Waals surface area (Å²) in [6.07, 6.45) is 5.54. The first-order valence-corrected chi connectivity index (χ1v) is 4.02. The molecule has 4 heteroatoms. The van der Waals surface area contributed by atoms with Crippen molar-refractivity contribution in [1.29, 1.82) is 0 Å². The molecule has 13 heavy (non-hydrogen) atoms. The molecular formula is C9H12N2O2. The van der Waals surface area contributed by atoms with Gasteiger partial charge in [-0.1, -0.05) is 6.08 Å². The number of hydrogen-bond acceptors (Lipinski definition) is 4. The minimum atomic E-state index is -0.0973. The maximum Gasteiger partial charge on any atom is 0.232 e. The van der Waals surface area contributed by atoms with Gasteiger partial charge in [0.1, 0.15) is 0 Å². The van der Waals surface area contributed by atoms with Crippen LogP contribution in [0.25, 0.3) is 0 Å². The van der Waals surface area contributed by atoms with Gasteiger partial charge in [-0.2, -0.15) is 0 Å². The van der Waals surface area contributed by atoms with Gasteiger partial charge in [0.2, 0.25) is 5.88 Å². The van der Waals surface area contributed by atoms with E-state index >= 15 is 0 Å². The summed E-state index contributed by atoms with van der Waals surface area (Å²) in [5, 5.41) is 8.69. The van der Waals surface area contributed by atoms with Crippen molar-refractivity contribution in [2.45, 2.75) is 13.0 Å². The average molecular weight is 180 g/mol. The van der Waals surface area contributed by atoms with Crippen molar-refractivity contribution in [2.24, 2.45) is 0 Å². The Morgan fingerprint density at radius 1 is 1.46 bits per heavy atom. The molecule has 0 saturated heterocycles. The number of ether oxygens (including phenoxy) is 1. The van der Waals surface area contributed by atoms with Crippen molar-refractivity contribution < 1.29 is 9.84 Å². The molecule has 1 N–H and O–H groups in total. The van der Waals surface area contributed by atoms with Crippen molar-refractivity contribution in [3.05, 3.63) is 30.7 Å². The maximum atomic E-state index is 8.69. The Kier molecular flexibility index (Phi) is 3.92. The number of hydrogen-bond donors (Lipinski definition) is 1. The van der Waals surface area contributed by atoms with Crippen molar-refractivity contribution in [3.8, 4) is 5.88 Å². The molecule has 0 unspecified atom stereocenters. The van der Waals surface area contributed by atoms with Crippen molar-refractivity contribution in [3.63, 3.8) is 0 Å². The first kappa shape index (κ1) is 9.67. The molecular weight excluding hydrogens is 168 g/mol. The Balaban J connectivity index is 2.44. The highest BCUT2D eigenvalue weighted by atomic mass is 16.5. The fourth-order valence-corrected chi connectivity index (χ4v) is 0.746. The van der Waals surface area contributed by atoms with Gasteiger partial charge in [0.05, 0.1) is 31.3 Å². The number of aromatic nitrogens is 2. The monoisotopic (exact) mass is 180 g/mol. The molecule has 0 aliphatic heterocycles. The Morgan fingerprint density at radius 2 is 2.31 bits per heavy atom. The van der Waals surface area contributed by atoms with Crippen LogP contribution in [-0.2, 0) is 6.61 Å². The van der Waals surface area contributed by atoms with Crippen molar-refractivity contribution >= 4 is 0 Å². The van der Waals surface area contributed by atoms with Gasteiger partial charge in [-0.05, 0) is 6.42 Å². The highest BCUT2D eigenvalue weighted by Gasteiger charge is 1.95. The van der Waals surface area contributed by atoms with Gasteiger partial charge in [0, 0.05) is 0 Å². The molecule has 0 atom stereocenters. The zero-order valence-corrected chi connectivity index (χ0v) is 7.31. The largest absolute Gasteiger partial charge is 0.476 e. The average Bonchev–Trinajstić information content (AvgIpc) is 2.19. The summed E-state index contributed by atoms with van der Waals surface area (Å²) in [6.45, 7) is 4.03. The van der Waals surface area contributed by atoms with Gasteiger partial charge in [-0.25, -0.2) is 4.98 Å². The summed E-state index contributed by atoms with van der Waals surface area (Å²) >= 11 is 0. The second kappa shape index (κ2) is 5.27. The Morgan fingerprint density at radius 3 is 2.85 bits per heavy atom. The van der Waals surface area contributed by atoms with Crippen LogP contribution >= 0.6 is 0 Å². The van der Waals surface area contributed by atoms with E-state index in [1.165, 1.54) is 12.4 Å². The van der Waals surface area contributed by atoms with Crippen LogP contribution in [0.5, 0.6) is 5.88 Å². The zero-order chi connectivity index (χ0) is 9.52. The van der Waals surface area contributed by atoms with Gasteiger partial charge >= 0.3 is 0 Å². The Bertz CT molecular complexity index is 259. The minimum Gasteiger partial charge on any atom is -0.476 e. The van der Waals surface area contributed by atoms with Gasteiger partial charge in [-0.3, -0.25) is 4.98 Å². The molecule has 1 rings (SSSR count). The summed E-state index contributed by atoms with van der Waals surface area (Å²) < 4.78 is 5.22. The van der Waals surface area contributed by atoms with E-state index in [2.05, 4.69) is 16.5 Å². The van der Waals surface area contributed by atoms with E-state index in [0.717, 1.165) is 6.42 Å². The third-order valence-corrected chi connectivity index (χ3v) is 1.42. The third-order valence-electron chi connectivity index (χ3n) is 1.42. The molecule has 0 bridgehead atoms. The molecule has 0 aromatic carbocycles. The van der Waals surface area contributed by atoms with Crippen molar-refractivity contribution in [1.82, 2.24) is 9.97 Å². The standard InChI is InChI=1S/C9H12N2O2/c1-2-3-4-13-9-6-10-8(7-12)5-11-9/h2,5-6,12H,1,3-4,7H2. The fraction of sp³-hybridized carbons (Fsp3) is 0.333. The number of nitrogens with zero attached hydrogens (tertiary/aromatic N) is 2. The first-order chi connectivity index (χ1) is 6.36. The summed E-state index contributed by atoms with van der Waals surface area (Å²) in [7, 11) is 0. The molecule has 0 aliphatic rings. The Hall–Kier alpha value is -1.42. The molecule has 0 radical (unpaired) electrons. The SMILES string of the molecule is C=CCCOc1cnc(CO)cn1. The molecule has 0 spiro atoms. The lowest BCUT2D eigenvalue weighted by molar-refractivity contribution is 0.273. The molecule has 1 aromatic heterocycles. The number of aliphatic hydroxyl groups is 1.